The van der Waals surface area contributed by atoms with Gasteiger partial charge in [-0.2, -0.15) is 10.2 Å². The highest BCUT2D eigenvalue weighted by Crippen LogP contribution is 2.34. The fourth-order valence-corrected chi connectivity index (χ4v) is 5.87. The number of carbonyl (C=O) groups excluding carboxylic acids is 1. The van der Waals surface area contributed by atoms with Crippen LogP contribution < -0.4 is 21.3 Å². The van der Waals surface area contributed by atoms with Gasteiger partial charge in [-0.3, -0.25) is 14.2 Å². The van der Waals surface area contributed by atoms with E-state index in [-0.39, 0.29) is 17.8 Å². The highest BCUT2D eigenvalue weighted by atomic mass is 32.1. The van der Waals surface area contributed by atoms with Crippen molar-refractivity contribution in [1.82, 2.24) is 29.4 Å². The van der Waals surface area contributed by atoms with Gasteiger partial charge in [-0.25, -0.2) is 13.8 Å². The molecule has 1 aromatic carbocycles. The smallest absolute Gasteiger partial charge is 0.333 e. The van der Waals surface area contributed by atoms with Crippen LogP contribution in [0.2, 0.25) is 0 Å². The minimum Gasteiger partial charge on any atom is -0.496 e. The minimum absolute atomic E-state index is 0.0838. The molecule has 0 saturated carbocycles. The van der Waals surface area contributed by atoms with Crippen molar-refractivity contribution in [3.63, 3.8) is 0 Å². The van der Waals surface area contributed by atoms with Crippen LogP contribution in [0, 0.1) is 18.7 Å². The number of nitrogens with one attached hydrogen (secondary N) is 1. The van der Waals surface area contributed by atoms with E-state index in [9.17, 15) is 18.8 Å². The average Bonchev–Trinajstić information content (AvgIpc) is 3.56. The SMILES string of the molecule is CCNC(=O)C(C)(C)n1c(=O)c2c(C)c(-n3nccn3)sc2n(C[C@H](OCC(C)C)c2cc(F)ccc2OC)c1=O. The van der Waals surface area contributed by atoms with Crippen molar-refractivity contribution in [3.8, 4) is 10.8 Å². The molecule has 0 aliphatic rings. The van der Waals surface area contributed by atoms with E-state index in [0.29, 0.717) is 39.9 Å². The number of halogens is 1. The number of hydrogen-bond donors (Lipinski definition) is 1. The zero-order valence-corrected chi connectivity index (χ0v) is 25.0. The molecule has 0 saturated heterocycles. The molecule has 4 rings (SSSR count). The number of ether oxygens (including phenoxy) is 2. The van der Waals surface area contributed by atoms with E-state index < -0.39 is 34.6 Å². The summed E-state index contributed by atoms with van der Waals surface area (Å²) in [5, 5.41) is 11.9. The van der Waals surface area contributed by atoms with Gasteiger partial charge in [0.2, 0.25) is 5.91 Å². The quantitative estimate of drug-likeness (QED) is 0.285. The fourth-order valence-electron chi connectivity index (χ4n) is 4.65. The van der Waals surface area contributed by atoms with Gasteiger partial charge in [0.05, 0.1) is 31.4 Å². The molecule has 0 unspecified atom stereocenters. The second kappa shape index (κ2) is 12.0. The lowest BCUT2D eigenvalue weighted by atomic mass is 10.0. The number of nitrogens with zero attached hydrogens (tertiary/aromatic N) is 5. The Hall–Kier alpha value is -3.84. The molecule has 220 valence electrons. The van der Waals surface area contributed by atoms with Crippen molar-refractivity contribution < 1.29 is 18.7 Å². The molecule has 3 heterocycles. The number of aromatic nitrogens is 5. The number of amides is 1. The maximum Gasteiger partial charge on any atom is 0.333 e. The molecule has 0 aliphatic heterocycles. The monoisotopic (exact) mass is 586 g/mol. The summed E-state index contributed by atoms with van der Waals surface area (Å²) in [5.74, 6) is -0.436. The number of aryl methyl sites for hydroxylation is 1. The molecule has 0 bridgehead atoms. The van der Waals surface area contributed by atoms with E-state index in [0.717, 1.165) is 4.57 Å². The molecule has 3 aromatic heterocycles. The first-order valence-corrected chi connectivity index (χ1v) is 14.1. The Morgan fingerprint density at radius 2 is 1.88 bits per heavy atom. The summed E-state index contributed by atoms with van der Waals surface area (Å²) < 4.78 is 28.6. The van der Waals surface area contributed by atoms with E-state index in [4.69, 9.17) is 9.47 Å². The van der Waals surface area contributed by atoms with Crippen molar-refractivity contribution >= 4 is 27.5 Å². The molecule has 0 aliphatic carbocycles. The molecule has 13 heteroatoms. The summed E-state index contributed by atoms with van der Waals surface area (Å²) >= 11 is 1.18. The molecule has 1 atom stereocenters. The number of methoxy groups -OCH3 is 1. The minimum atomic E-state index is -1.52. The first-order chi connectivity index (χ1) is 19.4. The third kappa shape index (κ3) is 5.68. The molecular weight excluding hydrogens is 551 g/mol. The first-order valence-electron chi connectivity index (χ1n) is 13.3. The van der Waals surface area contributed by atoms with Gasteiger partial charge in [0, 0.05) is 24.3 Å². The summed E-state index contributed by atoms with van der Waals surface area (Å²) in [7, 11) is 1.47. The zero-order valence-electron chi connectivity index (χ0n) is 24.2. The Kier molecular flexibility index (Phi) is 8.78. The standard InChI is InChI=1S/C28H35FN6O5S/c1-8-30-26(37)28(5,6)34-23(36)22-17(4)24(35-31-11-12-32-35)41-25(22)33(27(34)38)14-21(40-15-16(2)3)19-13-18(29)9-10-20(19)39-7/h9-13,16,21H,8,14-15H2,1-7H3,(H,30,37)/t21-/m0/s1. The number of thiophene rings is 1. The first kappa shape index (κ1) is 30.1. The summed E-state index contributed by atoms with van der Waals surface area (Å²) in [4.78, 5) is 43.1. The van der Waals surface area contributed by atoms with Gasteiger partial charge < -0.3 is 14.8 Å². The molecule has 11 nitrogen and oxygen atoms in total. The van der Waals surface area contributed by atoms with Crippen LogP contribution in [0.25, 0.3) is 15.2 Å². The van der Waals surface area contributed by atoms with Gasteiger partial charge >= 0.3 is 5.69 Å². The van der Waals surface area contributed by atoms with E-state index in [1.165, 1.54) is 72.3 Å². The molecule has 4 aromatic rings. The maximum atomic E-state index is 14.5. The predicted octanol–water partition coefficient (Wildman–Crippen LogP) is 3.55. The molecule has 0 spiro atoms. The Morgan fingerprint density at radius 3 is 2.49 bits per heavy atom. The average molecular weight is 587 g/mol. The number of carbonyl (C=O) groups is 1. The predicted molar refractivity (Wildman–Crippen MR) is 154 cm³/mol. The lowest BCUT2D eigenvalue weighted by Crippen LogP contribution is -2.55. The molecule has 1 amide bonds. The van der Waals surface area contributed by atoms with Gasteiger partial charge in [0.15, 0.2) is 0 Å². The summed E-state index contributed by atoms with van der Waals surface area (Å²) in [5.41, 5.74) is -1.86. The largest absolute Gasteiger partial charge is 0.496 e. The van der Waals surface area contributed by atoms with E-state index >= 15 is 0 Å². The van der Waals surface area contributed by atoms with Gasteiger partial charge in [0.1, 0.15) is 33.0 Å². The molecule has 41 heavy (non-hydrogen) atoms. The van der Waals surface area contributed by atoms with E-state index in [2.05, 4.69) is 15.5 Å². The van der Waals surface area contributed by atoms with Crippen LogP contribution in [-0.2, 0) is 21.6 Å². The molecule has 0 radical (unpaired) electrons. The van der Waals surface area contributed by atoms with Crippen molar-refractivity contribution in [2.24, 2.45) is 5.92 Å². The van der Waals surface area contributed by atoms with Crippen molar-refractivity contribution in [3.05, 3.63) is 68.4 Å². The van der Waals surface area contributed by atoms with Crippen LogP contribution in [0.3, 0.4) is 0 Å². The number of benzene rings is 1. The zero-order chi connectivity index (χ0) is 30.1. The number of hydrogen-bond acceptors (Lipinski definition) is 8. The number of rotatable bonds is 11. The van der Waals surface area contributed by atoms with Crippen molar-refractivity contribution in [1.29, 1.82) is 0 Å². The van der Waals surface area contributed by atoms with Gasteiger partial charge in [-0.1, -0.05) is 25.2 Å². The van der Waals surface area contributed by atoms with E-state index in [1.54, 1.807) is 13.8 Å². The highest BCUT2D eigenvalue weighted by molar-refractivity contribution is 7.21. The molecule has 0 fully saturated rings. The third-order valence-corrected chi connectivity index (χ3v) is 8.04. The summed E-state index contributed by atoms with van der Waals surface area (Å²) in [6.45, 7) is 11.1. The van der Waals surface area contributed by atoms with Crippen molar-refractivity contribution in [2.45, 2.75) is 59.7 Å². The van der Waals surface area contributed by atoms with Crippen LogP contribution in [0.1, 0.15) is 51.8 Å². The molecular formula is C28H35FN6O5S. The van der Waals surface area contributed by atoms with Crippen LogP contribution in [0.4, 0.5) is 4.39 Å². The van der Waals surface area contributed by atoms with Crippen molar-refractivity contribution in [2.75, 3.05) is 20.3 Å². The third-order valence-electron chi connectivity index (χ3n) is 6.76. The molecule has 1 N–H and O–H groups in total. The van der Waals surface area contributed by atoms with Crippen LogP contribution >= 0.6 is 11.3 Å². The number of likely N-dealkylation sites (N-methyl/N-ethyl adjacent to an activating group) is 1. The second-order valence-electron chi connectivity index (χ2n) is 10.6. The fraction of sp³-hybridized carbons (Fsp3) is 0.464. The van der Waals surface area contributed by atoms with Gasteiger partial charge in [0.25, 0.3) is 5.56 Å². The van der Waals surface area contributed by atoms with E-state index in [1.807, 2.05) is 13.8 Å². The Balaban J connectivity index is 2.04. The van der Waals surface area contributed by atoms with Crippen LogP contribution in [0.5, 0.6) is 5.75 Å². The van der Waals surface area contributed by atoms with Gasteiger partial charge in [-0.15, -0.1) is 4.80 Å². The summed E-state index contributed by atoms with van der Waals surface area (Å²) in [6, 6.07) is 4.11. The topological polar surface area (TPSA) is 122 Å². The van der Waals surface area contributed by atoms with Gasteiger partial charge in [-0.05, 0) is 51.8 Å². The highest BCUT2D eigenvalue weighted by Gasteiger charge is 2.36. The van der Waals surface area contributed by atoms with Crippen LogP contribution in [-0.4, -0.2) is 50.3 Å². The Morgan fingerprint density at radius 1 is 1.20 bits per heavy atom. The summed E-state index contributed by atoms with van der Waals surface area (Å²) in [6.07, 6.45) is 2.20. The number of fused-ring (bicyclic) bond motifs is 1. The lowest BCUT2D eigenvalue weighted by molar-refractivity contribution is -0.128. The second-order valence-corrected chi connectivity index (χ2v) is 11.6. The Labute approximate surface area is 240 Å². The maximum absolute atomic E-state index is 14.5. The van der Waals surface area contributed by atoms with Crippen LogP contribution in [0.15, 0.2) is 40.2 Å². The lowest BCUT2D eigenvalue weighted by Gasteiger charge is -2.28. The normalized spacial score (nSPS) is 12.7. The Bertz CT molecular complexity index is 1670.